The zero-order chi connectivity index (χ0) is 7.14. The van der Waals surface area contributed by atoms with Crippen LogP contribution in [0.2, 0.25) is 0 Å². The summed E-state index contributed by atoms with van der Waals surface area (Å²) in [5, 5.41) is 9.15. The normalized spacial score (nSPS) is 36.2. The molecule has 0 heterocycles. The van der Waals surface area contributed by atoms with E-state index < -0.39 is 0 Å². The minimum absolute atomic E-state index is 0.389. The molecule has 10 heavy (non-hydrogen) atoms. The van der Waals surface area contributed by atoms with Crippen LogP contribution in [0.3, 0.4) is 0 Å². The van der Waals surface area contributed by atoms with Gasteiger partial charge in [-0.2, -0.15) is 0 Å². The molecule has 1 nitrogen and oxygen atoms in total. The maximum atomic E-state index is 9.15. The van der Waals surface area contributed by atoms with Gasteiger partial charge in [-0.15, -0.1) is 0 Å². The summed E-state index contributed by atoms with van der Waals surface area (Å²) in [6.45, 7) is 3.58. The average molecular weight is 136 g/mol. The van der Waals surface area contributed by atoms with E-state index >= 15 is 0 Å². The highest BCUT2D eigenvalue weighted by Gasteiger charge is 2.35. The predicted molar refractivity (Wildman–Crippen MR) is 40.7 cm³/mol. The van der Waals surface area contributed by atoms with E-state index in [9.17, 15) is 0 Å². The largest absolute Gasteiger partial charge is 0.513 e. The Bertz CT molecular complexity index is 203. The van der Waals surface area contributed by atoms with Crippen LogP contribution in [0.15, 0.2) is 24.0 Å². The van der Waals surface area contributed by atoms with Crippen molar-refractivity contribution < 1.29 is 5.11 Å². The zero-order valence-electron chi connectivity index (χ0n) is 6.01. The Balaban J connectivity index is 2.17. The van der Waals surface area contributed by atoms with E-state index in [4.69, 9.17) is 5.11 Å². The third kappa shape index (κ3) is 0.698. The Kier molecular flexibility index (Phi) is 1.13. The van der Waals surface area contributed by atoms with Crippen molar-refractivity contribution in [3.05, 3.63) is 24.0 Å². The van der Waals surface area contributed by atoms with Crippen LogP contribution in [-0.2, 0) is 0 Å². The van der Waals surface area contributed by atoms with Crippen molar-refractivity contribution in [3.63, 3.8) is 0 Å². The van der Waals surface area contributed by atoms with Crippen molar-refractivity contribution in [1.82, 2.24) is 0 Å². The van der Waals surface area contributed by atoms with Crippen LogP contribution in [0.25, 0.3) is 0 Å². The molecule has 2 aliphatic carbocycles. The summed E-state index contributed by atoms with van der Waals surface area (Å²) in [5.74, 6) is 1.47. The van der Waals surface area contributed by atoms with E-state index in [1.807, 2.05) is 0 Å². The summed E-state index contributed by atoms with van der Waals surface area (Å²) >= 11 is 0. The molecule has 1 N–H and O–H groups in total. The average Bonchev–Trinajstić information content (AvgIpc) is 2.44. The van der Waals surface area contributed by atoms with Crippen molar-refractivity contribution in [3.8, 4) is 0 Å². The topological polar surface area (TPSA) is 20.2 Å². The van der Waals surface area contributed by atoms with E-state index in [0.29, 0.717) is 17.6 Å². The Labute approximate surface area is 61.1 Å². The van der Waals surface area contributed by atoms with Gasteiger partial charge in [0.05, 0.1) is 5.76 Å². The highest BCUT2D eigenvalue weighted by molar-refractivity contribution is 5.22. The SMILES string of the molecule is C=C(O)C1CC2=CCC1C2. The molecule has 0 saturated heterocycles. The molecule has 0 aromatic rings. The lowest BCUT2D eigenvalue weighted by Gasteiger charge is -2.16. The second kappa shape index (κ2) is 1.88. The van der Waals surface area contributed by atoms with E-state index in [1.54, 1.807) is 0 Å². The standard InChI is InChI=1S/C9H12O/c1-6(10)9-5-7-2-3-8(9)4-7/h2,8-10H,1,3-5H2. The predicted octanol–water partition coefficient (Wildman–Crippen LogP) is 2.41. The molecule has 1 saturated carbocycles. The third-order valence-electron chi connectivity index (χ3n) is 2.71. The molecule has 0 aromatic carbocycles. The number of fused-ring (bicyclic) bond motifs is 2. The van der Waals surface area contributed by atoms with Crippen LogP contribution in [0, 0.1) is 11.8 Å². The summed E-state index contributed by atoms with van der Waals surface area (Å²) in [6.07, 6.45) is 5.76. The fourth-order valence-corrected chi connectivity index (χ4v) is 2.13. The van der Waals surface area contributed by atoms with Gasteiger partial charge in [0.2, 0.25) is 0 Å². The van der Waals surface area contributed by atoms with Crippen LogP contribution in [0.1, 0.15) is 19.3 Å². The fourth-order valence-electron chi connectivity index (χ4n) is 2.13. The smallest absolute Gasteiger partial charge is 0.0888 e. The second-order valence-corrected chi connectivity index (χ2v) is 3.36. The quantitative estimate of drug-likeness (QED) is 0.433. The van der Waals surface area contributed by atoms with Gasteiger partial charge in [-0.25, -0.2) is 0 Å². The minimum Gasteiger partial charge on any atom is -0.513 e. The van der Waals surface area contributed by atoms with Gasteiger partial charge in [-0.05, 0) is 25.2 Å². The maximum absolute atomic E-state index is 9.15. The molecule has 0 amide bonds. The monoisotopic (exact) mass is 136 g/mol. The molecule has 0 spiro atoms. The zero-order valence-corrected chi connectivity index (χ0v) is 6.01. The minimum atomic E-state index is 0.389. The first-order chi connectivity index (χ1) is 4.77. The number of hydrogen-bond donors (Lipinski definition) is 1. The van der Waals surface area contributed by atoms with Gasteiger partial charge in [0, 0.05) is 5.92 Å². The van der Waals surface area contributed by atoms with Crippen LogP contribution in [0.5, 0.6) is 0 Å². The summed E-state index contributed by atoms with van der Waals surface area (Å²) in [6, 6.07) is 0. The molecule has 2 aliphatic rings. The molecule has 2 rings (SSSR count). The lowest BCUT2D eigenvalue weighted by Crippen LogP contribution is -2.09. The van der Waals surface area contributed by atoms with Gasteiger partial charge in [0.15, 0.2) is 0 Å². The Morgan fingerprint density at radius 2 is 2.40 bits per heavy atom. The van der Waals surface area contributed by atoms with E-state index in [0.717, 1.165) is 6.42 Å². The molecular weight excluding hydrogens is 124 g/mol. The number of allylic oxidation sites excluding steroid dienone is 3. The van der Waals surface area contributed by atoms with Crippen molar-refractivity contribution in [1.29, 1.82) is 0 Å². The summed E-state index contributed by atoms with van der Waals surface area (Å²) in [4.78, 5) is 0. The lowest BCUT2D eigenvalue weighted by atomic mass is 9.91. The second-order valence-electron chi connectivity index (χ2n) is 3.36. The molecule has 1 fully saturated rings. The Morgan fingerprint density at radius 1 is 1.60 bits per heavy atom. The van der Waals surface area contributed by atoms with Gasteiger partial charge < -0.3 is 5.11 Å². The molecule has 0 radical (unpaired) electrons. The highest BCUT2D eigenvalue weighted by Crippen LogP contribution is 2.46. The summed E-state index contributed by atoms with van der Waals surface area (Å²) < 4.78 is 0. The summed E-state index contributed by atoms with van der Waals surface area (Å²) in [5.41, 5.74) is 1.53. The van der Waals surface area contributed by atoms with Gasteiger partial charge in [0.25, 0.3) is 0 Å². The first-order valence-corrected chi connectivity index (χ1v) is 3.83. The first kappa shape index (κ1) is 6.02. The number of hydrogen-bond acceptors (Lipinski definition) is 1. The molecule has 54 valence electrons. The van der Waals surface area contributed by atoms with Crippen molar-refractivity contribution in [2.24, 2.45) is 11.8 Å². The van der Waals surface area contributed by atoms with E-state index in [1.165, 1.54) is 18.4 Å². The Morgan fingerprint density at radius 3 is 2.70 bits per heavy atom. The number of aliphatic hydroxyl groups is 1. The Hall–Kier alpha value is -0.720. The van der Waals surface area contributed by atoms with Crippen LogP contribution >= 0.6 is 0 Å². The fraction of sp³-hybridized carbons (Fsp3) is 0.556. The van der Waals surface area contributed by atoms with Gasteiger partial charge >= 0.3 is 0 Å². The van der Waals surface area contributed by atoms with Crippen LogP contribution in [-0.4, -0.2) is 5.11 Å². The molecule has 0 aromatic heterocycles. The number of aliphatic hydroxyl groups excluding tert-OH is 1. The molecule has 1 heteroatoms. The van der Waals surface area contributed by atoms with Crippen LogP contribution < -0.4 is 0 Å². The van der Waals surface area contributed by atoms with Crippen molar-refractivity contribution in [2.75, 3.05) is 0 Å². The first-order valence-electron chi connectivity index (χ1n) is 3.83. The highest BCUT2D eigenvalue weighted by atomic mass is 16.3. The van der Waals surface area contributed by atoms with Crippen molar-refractivity contribution in [2.45, 2.75) is 19.3 Å². The lowest BCUT2D eigenvalue weighted by molar-refractivity contribution is 0.288. The van der Waals surface area contributed by atoms with E-state index in [2.05, 4.69) is 12.7 Å². The molecular formula is C9H12O. The molecule has 0 aliphatic heterocycles. The van der Waals surface area contributed by atoms with Crippen LogP contribution in [0.4, 0.5) is 0 Å². The van der Waals surface area contributed by atoms with E-state index in [-0.39, 0.29) is 0 Å². The number of rotatable bonds is 1. The third-order valence-corrected chi connectivity index (χ3v) is 2.71. The summed E-state index contributed by atoms with van der Waals surface area (Å²) in [7, 11) is 0. The molecule has 2 atom stereocenters. The van der Waals surface area contributed by atoms with Gasteiger partial charge in [-0.1, -0.05) is 18.2 Å². The molecule has 2 unspecified atom stereocenters. The van der Waals surface area contributed by atoms with Gasteiger partial charge in [0.1, 0.15) is 0 Å². The maximum Gasteiger partial charge on any atom is 0.0888 e. The molecule has 2 bridgehead atoms. The van der Waals surface area contributed by atoms with Crippen molar-refractivity contribution >= 4 is 0 Å². The van der Waals surface area contributed by atoms with Gasteiger partial charge in [-0.3, -0.25) is 0 Å².